The highest BCUT2D eigenvalue weighted by Gasteiger charge is 2.22. The van der Waals surface area contributed by atoms with E-state index in [2.05, 4.69) is 26.8 Å². The van der Waals surface area contributed by atoms with E-state index in [4.69, 9.17) is 0 Å². The van der Waals surface area contributed by atoms with Crippen molar-refractivity contribution in [3.63, 3.8) is 0 Å². The van der Waals surface area contributed by atoms with Gasteiger partial charge in [-0.1, -0.05) is 32.4 Å². The average Bonchev–Trinajstić information content (AvgIpc) is 2.38. The maximum absolute atomic E-state index is 2.43. The fourth-order valence-corrected chi connectivity index (χ4v) is 1.51. The minimum absolute atomic E-state index is 0.483. The molecule has 0 radical (unpaired) electrons. The second kappa shape index (κ2) is 2.77. The summed E-state index contributed by atoms with van der Waals surface area (Å²) in [6.45, 7) is 6.98. The third-order valence-corrected chi connectivity index (χ3v) is 2.79. The second-order valence-corrected chi connectivity index (χ2v) is 3.86. The van der Waals surface area contributed by atoms with Crippen LogP contribution in [-0.2, 0) is 0 Å². The Morgan fingerprint density at radius 3 is 2.60 bits per heavy atom. The maximum atomic E-state index is 2.43. The van der Waals surface area contributed by atoms with Gasteiger partial charge in [0.05, 0.1) is 0 Å². The van der Waals surface area contributed by atoms with Crippen LogP contribution >= 0.6 is 0 Å². The molecule has 0 heteroatoms. The van der Waals surface area contributed by atoms with E-state index in [9.17, 15) is 0 Å². The minimum atomic E-state index is 0.483. The highest BCUT2D eigenvalue weighted by Crippen LogP contribution is 2.36. The SMILES string of the molecule is CCC(C)(C)C1=CCCC1. The second-order valence-electron chi connectivity index (χ2n) is 3.86. The number of rotatable bonds is 2. The summed E-state index contributed by atoms with van der Waals surface area (Å²) in [5.41, 5.74) is 2.17. The van der Waals surface area contributed by atoms with E-state index in [1.54, 1.807) is 5.57 Å². The molecule has 0 N–H and O–H groups in total. The van der Waals surface area contributed by atoms with E-state index in [0.717, 1.165) is 0 Å². The van der Waals surface area contributed by atoms with Crippen molar-refractivity contribution in [2.45, 2.75) is 46.5 Å². The lowest BCUT2D eigenvalue weighted by Crippen LogP contribution is -2.11. The lowest BCUT2D eigenvalue weighted by Gasteiger charge is -2.24. The van der Waals surface area contributed by atoms with Gasteiger partial charge in [0.15, 0.2) is 0 Å². The molecule has 0 unspecified atom stereocenters. The van der Waals surface area contributed by atoms with Gasteiger partial charge in [-0.15, -0.1) is 0 Å². The van der Waals surface area contributed by atoms with Gasteiger partial charge in [0, 0.05) is 0 Å². The smallest absolute Gasteiger partial charge is 0.0147 e. The number of allylic oxidation sites excluding steroid dienone is 2. The Labute approximate surface area is 64.3 Å². The molecule has 0 aliphatic heterocycles. The van der Waals surface area contributed by atoms with Gasteiger partial charge in [-0.05, 0) is 31.1 Å². The summed E-state index contributed by atoms with van der Waals surface area (Å²) in [4.78, 5) is 0. The first-order chi connectivity index (χ1) is 4.67. The molecule has 0 aromatic rings. The molecule has 58 valence electrons. The summed E-state index contributed by atoms with van der Waals surface area (Å²) >= 11 is 0. The Bertz CT molecular complexity index is 140. The fourth-order valence-electron chi connectivity index (χ4n) is 1.51. The standard InChI is InChI=1S/C10H18/c1-4-10(2,3)9-7-5-6-8-9/h7H,4-6,8H2,1-3H3. The quantitative estimate of drug-likeness (QED) is 0.512. The molecule has 0 heterocycles. The van der Waals surface area contributed by atoms with Crippen LogP contribution in [0.1, 0.15) is 46.5 Å². The van der Waals surface area contributed by atoms with Crippen molar-refractivity contribution in [2.75, 3.05) is 0 Å². The molecule has 0 aromatic carbocycles. The summed E-state index contributed by atoms with van der Waals surface area (Å²) in [6, 6.07) is 0. The normalized spacial score (nSPS) is 19.3. The van der Waals surface area contributed by atoms with Gasteiger partial charge in [0.25, 0.3) is 0 Å². The van der Waals surface area contributed by atoms with Crippen molar-refractivity contribution < 1.29 is 0 Å². The molecule has 0 atom stereocenters. The van der Waals surface area contributed by atoms with E-state index in [1.807, 2.05) is 0 Å². The highest BCUT2D eigenvalue weighted by atomic mass is 14.3. The molecule has 0 spiro atoms. The van der Waals surface area contributed by atoms with E-state index in [1.165, 1.54) is 25.7 Å². The van der Waals surface area contributed by atoms with Crippen molar-refractivity contribution >= 4 is 0 Å². The van der Waals surface area contributed by atoms with Gasteiger partial charge < -0.3 is 0 Å². The molecular weight excluding hydrogens is 120 g/mol. The van der Waals surface area contributed by atoms with E-state index >= 15 is 0 Å². The molecule has 0 saturated carbocycles. The predicted molar refractivity (Wildman–Crippen MR) is 46.0 cm³/mol. The maximum Gasteiger partial charge on any atom is -0.0147 e. The zero-order valence-electron chi connectivity index (χ0n) is 7.41. The first kappa shape index (κ1) is 7.84. The molecule has 0 nitrogen and oxygen atoms in total. The van der Waals surface area contributed by atoms with Gasteiger partial charge in [0.1, 0.15) is 0 Å². The van der Waals surface area contributed by atoms with Crippen molar-refractivity contribution in [3.05, 3.63) is 11.6 Å². The predicted octanol–water partition coefficient (Wildman–Crippen LogP) is 3.53. The summed E-state index contributed by atoms with van der Waals surface area (Å²) in [6.07, 6.45) is 7.76. The topological polar surface area (TPSA) is 0 Å². The van der Waals surface area contributed by atoms with Gasteiger partial charge in [-0.3, -0.25) is 0 Å². The molecule has 0 amide bonds. The zero-order valence-corrected chi connectivity index (χ0v) is 7.41. The Morgan fingerprint density at radius 1 is 1.50 bits per heavy atom. The van der Waals surface area contributed by atoms with Crippen LogP contribution in [-0.4, -0.2) is 0 Å². The third kappa shape index (κ3) is 1.42. The van der Waals surface area contributed by atoms with E-state index in [-0.39, 0.29) is 0 Å². The van der Waals surface area contributed by atoms with Crippen LogP contribution in [0.5, 0.6) is 0 Å². The number of hydrogen-bond donors (Lipinski definition) is 0. The van der Waals surface area contributed by atoms with Gasteiger partial charge in [-0.2, -0.15) is 0 Å². The Morgan fingerprint density at radius 2 is 2.20 bits per heavy atom. The van der Waals surface area contributed by atoms with Crippen molar-refractivity contribution in [3.8, 4) is 0 Å². The molecule has 0 fully saturated rings. The highest BCUT2D eigenvalue weighted by molar-refractivity contribution is 5.15. The van der Waals surface area contributed by atoms with Crippen LogP contribution in [0.15, 0.2) is 11.6 Å². The molecule has 0 aromatic heterocycles. The number of hydrogen-bond acceptors (Lipinski definition) is 0. The summed E-state index contributed by atoms with van der Waals surface area (Å²) in [7, 11) is 0. The van der Waals surface area contributed by atoms with Crippen LogP contribution in [0, 0.1) is 5.41 Å². The van der Waals surface area contributed by atoms with Crippen LogP contribution in [0.2, 0.25) is 0 Å². The largest absolute Gasteiger partial charge is 0.0848 e. The monoisotopic (exact) mass is 138 g/mol. The molecule has 10 heavy (non-hydrogen) atoms. The molecule has 1 aliphatic rings. The Balaban J connectivity index is 2.62. The molecular formula is C10H18. The minimum Gasteiger partial charge on any atom is -0.0848 e. The molecule has 1 aliphatic carbocycles. The average molecular weight is 138 g/mol. The Kier molecular flexibility index (Phi) is 2.18. The van der Waals surface area contributed by atoms with Crippen LogP contribution in [0.3, 0.4) is 0 Å². The van der Waals surface area contributed by atoms with Gasteiger partial charge in [-0.25, -0.2) is 0 Å². The summed E-state index contributed by atoms with van der Waals surface area (Å²) < 4.78 is 0. The van der Waals surface area contributed by atoms with Crippen LogP contribution in [0.4, 0.5) is 0 Å². The van der Waals surface area contributed by atoms with Crippen molar-refractivity contribution in [1.29, 1.82) is 0 Å². The first-order valence-corrected chi connectivity index (χ1v) is 4.36. The lowest BCUT2D eigenvalue weighted by molar-refractivity contribution is 0.419. The third-order valence-electron chi connectivity index (χ3n) is 2.79. The summed E-state index contributed by atoms with van der Waals surface area (Å²) in [5.74, 6) is 0. The van der Waals surface area contributed by atoms with Gasteiger partial charge in [0.2, 0.25) is 0 Å². The fraction of sp³-hybridized carbons (Fsp3) is 0.800. The zero-order chi connectivity index (χ0) is 7.61. The molecule has 0 saturated heterocycles. The summed E-state index contributed by atoms with van der Waals surface area (Å²) in [5, 5.41) is 0. The first-order valence-electron chi connectivity index (χ1n) is 4.36. The van der Waals surface area contributed by atoms with E-state index < -0.39 is 0 Å². The molecule has 0 bridgehead atoms. The Hall–Kier alpha value is -0.260. The van der Waals surface area contributed by atoms with Crippen molar-refractivity contribution in [1.82, 2.24) is 0 Å². The van der Waals surface area contributed by atoms with Crippen LogP contribution in [0.25, 0.3) is 0 Å². The van der Waals surface area contributed by atoms with E-state index in [0.29, 0.717) is 5.41 Å². The van der Waals surface area contributed by atoms with Crippen LogP contribution < -0.4 is 0 Å². The van der Waals surface area contributed by atoms with Crippen molar-refractivity contribution in [2.24, 2.45) is 5.41 Å². The molecule has 1 rings (SSSR count). The van der Waals surface area contributed by atoms with Gasteiger partial charge >= 0.3 is 0 Å². The lowest BCUT2D eigenvalue weighted by atomic mass is 9.81.